The van der Waals surface area contributed by atoms with Gasteiger partial charge in [-0.25, -0.2) is 0 Å². The number of nitrogens with zero attached hydrogens (tertiary/aromatic N) is 3. The van der Waals surface area contributed by atoms with Gasteiger partial charge in [0.2, 0.25) is 5.28 Å². The Balaban J connectivity index is 2.22. The number of aryl methyl sites for hydroxylation is 1. The molecule has 12 heavy (non-hydrogen) atoms. The number of aromatic nitrogens is 3. The van der Waals surface area contributed by atoms with Crippen LogP contribution in [0.5, 0.6) is 0 Å². The average Bonchev–Trinajstić information content (AvgIpc) is 2.26. The van der Waals surface area contributed by atoms with Gasteiger partial charge in [-0.15, -0.1) is 10.2 Å². The van der Waals surface area contributed by atoms with E-state index in [0.29, 0.717) is 11.3 Å². The molecule has 1 aliphatic rings. The fraction of sp³-hybridized carbons (Fsp3) is 0.750. The first-order valence-electron chi connectivity index (χ1n) is 4.25. The van der Waals surface area contributed by atoms with E-state index in [0.717, 1.165) is 11.7 Å². The minimum absolute atomic E-state index is 0.532. The van der Waals surface area contributed by atoms with Crippen LogP contribution in [0.1, 0.15) is 31.6 Å². The van der Waals surface area contributed by atoms with Crippen LogP contribution in [0.15, 0.2) is 0 Å². The third kappa shape index (κ3) is 1.12. The minimum atomic E-state index is 0.532. The van der Waals surface area contributed by atoms with Crippen LogP contribution in [-0.4, -0.2) is 14.8 Å². The van der Waals surface area contributed by atoms with Crippen molar-refractivity contribution < 1.29 is 0 Å². The van der Waals surface area contributed by atoms with E-state index >= 15 is 0 Å². The third-order valence-corrected chi connectivity index (χ3v) is 2.80. The van der Waals surface area contributed by atoms with Crippen molar-refractivity contribution in [1.29, 1.82) is 0 Å². The van der Waals surface area contributed by atoms with Crippen molar-refractivity contribution in [3.05, 3.63) is 11.1 Å². The molecule has 66 valence electrons. The Morgan fingerprint density at radius 1 is 1.42 bits per heavy atom. The molecule has 1 aromatic rings. The molecule has 2 rings (SSSR count). The maximum absolute atomic E-state index is 5.89. The van der Waals surface area contributed by atoms with Gasteiger partial charge in [-0.3, -0.25) is 4.57 Å². The topological polar surface area (TPSA) is 30.7 Å². The highest BCUT2D eigenvalue weighted by Crippen LogP contribution is 2.38. The molecule has 1 fully saturated rings. The Hall–Kier alpha value is -0.570. The summed E-state index contributed by atoms with van der Waals surface area (Å²) < 4.78 is 2.03. The molecule has 0 saturated heterocycles. The van der Waals surface area contributed by atoms with E-state index in [1.165, 1.54) is 12.8 Å². The van der Waals surface area contributed by atoms with E-state index in [1.807, 2.05) is 11.5 Å². The molecule has 0 spiro atoms. The lowest BCUT2D eigenvalue weighted by atomic mass is 9.82. The van der Waals surface area contributed by atoms with E-state index in [9.17, 15) is 0 Å². The third-order valence-electron chi connectivity index (χ3n) is 2.54. The molecule has 0 atom stereocenters. The molecule has 0 N–H and O–H groups in total. The van der Waals surface area contributed by atoms with Crippen molar-refractivity contribution in [2.45, 2.75) is 32.7 Å². The summed E-state index contributed by atoms with van der Waals surface area (Å²) >= 11 is 5.89. The SMILES string of the molecule is Cc1nnc(Cl)n1C1CC(C)C1. The lowest BCUT2D eigenvalue weighted by Crippen LogP contribution is -2.25. The molecular weight excluding hydrogens is 174 g/mol. The zero-order chi connectivity index (χ0) is 8.72. The molecule has 0 radical (unpaired) electrons. The largest absolute Gasteiger partial charge is 0.299 e. The van der Waals surface area contributed by atoms with Crippen molar-refractivity contribution in [2.24, 2.45) is 5.92 Å². The molecule has 0 aromatic carbocycles. The van der Waals surface area contributed by atoms with Crippen molar-refractivity contribution >= 4 is 11.6 Å². The quantitative estimate of drug-likeness (QED) is 0.672. The molecule has 1 aliphatic carbocycles. The average molecular weight is 186 g/mol. The normalized spacial score (nSPS) is 28.6. The van der Waals surface area contributed by atoms with Gasteiger partial charge in [-0.05, 0) is 37.3 Å². The van der Waals surface area contributed by atoms with E-state index in [1.54, 1.807) is 0 Å². The molecule has 1 aromatic heterocycles. The number of hydrogen-bond donors (Lipinski definition) is 0. The van der Waals surface area contributed by atoms with Gasteiger partial charge in [-0.2, -0.15) is 0 Å². The van der Waals surface area contributed by atoms with Crippen LogP contribution in [0.4, 0.5) is 0 Å². The first kappa shape index (κ1) is 8.05. The van der Waals surface area contributed by atoms with Gasteiger partial charge in [0, 0.05) is 6.04 Å². The van der Waals surface area contributed by atoms with Gasteiger partial charge in [-0.1, -0.05) is 6.92 Å². The maximum atomic E-state index is 5.89. The van der Waals surface area contributed by atoms with Crippen LogP contribution in [0.3, 0.4) is 0 Å². The van der Waals surface area contributed by atoms with Crippen molar-refractivity contribution in [2.75, 3.05) is 0 Å². The van der Waals surface area contributed by atoms with Crippen LogP contribution < -0.4 is 0 Å². The molecule has 1 heterocycles. The minimum Gasteiger partial charge on any atom is -0.299 e. The van der Waals surface area contributed by atoms with Crippen molar-refractivity contribution in [3.8, 4) is 0 Å². The van der Waals surface area contributed by atoms with Gasteiger partial charge < -0.3 is 0 Å². The Morgan fingerprint density at radius 3 is 2.50 bits per heavy atom. The summed E-state index contributed by atoms with van der Waals surface area (Å²) in [6.07, 6.45) is 2.41. The Kier molecular flexibility index (Phi) is 1.83. The monoisotopic (exact) mass is 185 g/mol. The molecule has 3 nitrogen and oxygen atoms in total. The fourth-order valence-corrected chi connectivity index (χ4v) is 2.13. The first-order valence-corrected chi connectivity index (χ1v) is 4.63. The highest BCUT2D eigenvalue weighted by molar-refractivity contribution is 6.28. The van der Waals surface area contributed by atoms with E-state index < -0.39 is 0 Å². The van der Waals surface area contributed by atoms with E-state index in [4.69, 9.17) is 11.6 Å². The lowest BCUT2D eigenvalue weighted by molar-refractivity contribution is 0.213. The second-order valence-electron chi connectivity index (χ2n) is 3.62. The van der Waals surface area contributed by atoms with Gasteiger partial charge in [0.1, 0.15) is 5.82 Å². The summed E-state index contributed by atoms with van der Waals surface area (Å²) in [5.74, 6) is 1.75. The van der Waals surface area contributed by atoms with Gasteiger partial charge in [0.05, 0.1) is 0 Å². The first-order chi connectivity index (χ1) is 5.68. The molecule has 0 aliphatic heterocycles. The summed E-state index contributed by atoms with van der Waals surface area (Å²) in [6, 6.07) is 0.544. The number of rotatable bonds is 1. The predicted molar refractivity (Wildman–Crippen MR) is 47.2 cm³/mol. The van der Waals surface area contributed by atoms with Crippen LogP contribution >= 0.6 is 11.6 Å². The van der Waals surface area contributed by atoms with Crippen LogP contribution in [0.25, 0.3) is 0 Å². The summed E-state index contributed by atoms with van der Waals surface area (Å²) in [5.41, 5.74) is 0. The van der Waals surface area contributed by atoms with Crippen LogP contribution in [0, 0.1) is 12.8 Å². The van der Waals surface area contributed by atoms with Gasteiger partial charge in [0.15, 0.2) is 0 Å². The Bertz CT molecular complexity index is 269. The molecule has 1 saturated carbocycles. The summed E-state index contributed by atoms with van der Waals surface area (Å²) in [7, 11) is 0. The Morgan fingerprint density at radius 2 is 2.08 bits per heavy atom. The van der Waals surface area contributed by atoms with Crippen molar-refractivity contribution in [1.82, 2.24) is 14.8 Å². The smallest absolute Gasteiger partial charge is 0.225 e. The van der Waals surface area contributed by atoms with Gasteiger partial charge >= 0.3 is 0 Å². The second-order valence-corrected chi connectivity index (χ2v) is 3.95. The zero-order valence-electron chi connectivity index (χ0n) is 7.29. The second kappa shape index (κ2) is 2.73. The highest BCUT2D eigenvalue weighted by atomic mass is 35.5. The van der Waals surface area contributed by atoms with E-state index in [2.05, 4.69) is 17.1 Å². The number of halogens is 1. The fourth-order valence-electron chi connectivity index (χ4n) is 1.83. The highest BCUT2D eigenvalue weighted by Gasteiger charge is 2.29. The summed E-state index contributed by atoms with van der Waals surface area (Å²) in [4.78, 5) is 0. The molecule has 4 heteroatoms. The van der Waals surface area contributed by atoms with Crippen molar-refractivity contribution in [3.63, 3.8) is 0 Å². The molecule has 0 unspecified atom stereocenters. The zero-order valence-corrected chi connectivity index (χ0v) is 8.04. The van der Waals surface area contributed by atoms with Crippen LogP contribution in [-0.2, 0) is 0 Å². The standard InChI is InChI=1S/C8H12ClN3/c1-5-3-7(4-5)12-6(2)10-11-8(12)9/h5,7H,3-4H2,1-2H3. The molecule has 0 bridgehead atoms. The lowest BCUT2D eigenvalue weighted by Gasteiger charge is -2.34. The molecule has 0 amide bonds. The van der Waals surface area contributed by atoms with Crippen LogP contribution in [0.2, 0.25) is 5.28 Å². The Labute approximate surface area is 76.7 Å². The molecular formula is C8H12ClN3. The summed E-state index contributed by atoms with van der Waals surface area (Å²) in [6.45, 7) is 4.20. The predicted octanol–water partition coefficient (Wildman–Crippen LogP) is 2.21. The number of hydrogen-bond acceptors (Lipinski definition) is 2. The van der Waals surface area contributed by atoms with E-state index in [-0.39, 0.29) is 0 Å². The maximum Gasteiger partial charge on any atom is 0.225 e. The summed E-state index contributed by atoms with van der Waals surface area (Å²) in [5, 5.41) is 8.28. The van der Waals surface area contributed by atoms with Gasteiger partial charge in [0.25, 0.3) is 0 Å².